The minimum Gasteiger partial charge on any atom is -0.456 e. The standard InChI is InChI=1S/C50H34N2O/c1-31-11-3-4-12-37(31)38-23-21-35(27-32(38)2)51-45-16-8-5-13-39(45)43-28-33(19-25-47(43)51)34-20-26-48-44(29-34)40-14-6-9-17-46(40)52(48)36-22-24-42-41-15-7-10-18-49(41)53-50(42)30-36/h3-30H,1-2H3. The number of para-hydroxylation sites is 3. The molecule has 0 aliphatic carbocycles. The van der Waals surface area contributed by atoms with Crippen molar-refractivity contribution in [2.24, 2.45) is 0 Å². The first-order valence-electron chi connectivity index (χ1n) is 18.3. The summed E-state index contributed by atoms with van der Waals surface area (Å²) in [5.41, 5.74) is 16.4. The molecule has 0 atom stereocenters. The third kappa shape index (κ3) is 4.47. The smallest absolute Gasteiger partial charge is 0.137 e. The number of aromatic nitrogens is 2. The average Bonchev–Trinajstić information content (AvgIpc) is 3.85. The molecule has 0 fully saturated rings. The number of rotatable bonds is 4. The van der Waals surface area contributed by atoms with Crippen molar-refractivity contribution in [1.29, 1.82) is 0 Å². The highest BCUT2D eigenvalue weighted by atomic mass is 16.3. The van der Waals surface area contributed by atoms with E-state index in [9.17, 15) is 0 Å². The van der Waals surface area contributed by atoms with Crippen LogP contribution in [-0.4, -0.2) is 9.13 Å². The van der Waals surface area contributed by atoms with E-state index < -0.39 is 0 Å². The molecule has 0 amide bonds. The zero-order valence-corrected chi connectivity index (χ0v) is 29.5. The van der Waals surface area contributed by atoms with Gasteiger partial charge in [0.25, 0.3) is 0 Å². The SMILES string of the molecule is Cc1ccccc1-c1ccc(-n2c3ccccc3c3cc(-c4ccc5c(c4)c4ccccc4n5-c4ccc5c(c4)oc4ccccc45)ccc32)cc1C. The molecule has 0 saturated carbocycles. The van der Waals surface area contributed by atoms with Crippen molar-refractivity contribution in [1.82, 2.24) is 9.13 Å². The van der Waals surface area contributed by atoms with Crippen LogP contribution in [0.25, 0.3) is 99.2 Å². The molecule has 8 aromatic carbocycles. The van der Waals surface area contributed by atoms with Crippen molar-refractivity contribution in [3.05, 3.63) is 181 Å². The molecule has 0 bridgehead atoms. The summed E-state index contributed by atoms with van der Waals surface area (Å²) in [7, 11) is 0. The van der Waals surface area contributed by atoms with E-state index in [1.165, 1.54) is 82.7 Å². The van der Waals surface area contributed by atoms with Crippen LogP contribution < -0.4 is 0 Å². The number of benzene rings is 8. The molecule has 0 aliphatic heterocycles. The van der Waals surface area contributed by atoms with Crippen molar-refractivity contribution in [3.8, 4) is 33.6 Å². The minimum absolute atomic E-state index is 0.899. The van der Waals surface area contributed by atoms with Gasteiger partial charge in [-0.3, -0.25) is 0 Å². The van der Waals surface area contributed by atoms with Gasteiger partial charge in [0.05, 0.1) is 22.1 Å². The molecule has 0 unspecified atom stereocenters. The molecule has 250 valence electrons. The second-order valence-electron chi connectivity index (χ2n) is 14.3. The maximum Gasteiger partial charge on any atom is 0.137 e. The van der Waals surface area contributed by atoms with Crippen LogP contribution in [0.4, 0.5) is 0 Å². The van der Waals surface area contributed by atoms with Crippen molar-refractivity contribution < 1.29 is 4.42 Å². The van der Waals surface area contributed by atoms with Crippen molar-refractivity contribution in [2.75, 3.05) is 0 Å². The van der Waals surface area contributed by atoms with Gasteiger partial charge in [0.2, 0.25) is 0 Å². The van der Waals surface area contributed by atoms with Gasteiger partial charge in [0, 0.05) is 49.8 Å². The minimum atomic E-state index is 0.899. The molecule has 0 N–H and O–H groups in total. The summed E-state index contributed by atoms with van der Waals surface area (Å²) in [6, 6.07) is 61.7. The monoisotopic (exact) mass is 678 g/mol. The maximum atomic E-state index is 6.31. The van der Waals surface area contributed by atoms with E-state index in [0.29, 0.717) is 0 Å². The van der Waals surface area contributed by atoms with Gasteiger partial charge in [-0.25, -0.2) is 0 Å². The summed E-state index contributed by atoms with van der Waals surface area (Å²) in [5, 5.41) is 7.25. The summed E-state index contributed by atoms with van der Waals surface area (Å²) in [6.45, 7) is 4.41. The first-order valence-corrected chi connectivity index (χ1v) is 18.3. The first kappa shape index (κ1) is 29.8. The number of nitrogens with zero attached hydrogens (tertiary/aromatic N) is 2. The topological polar surface area (TPSA) is 23.0 Å². The summed E-state index contributed by atoms with van der Waals surface area (Å²) in [5.74, 6) is 0. The number of hydrogen-bond acceptors (Lipinski definition) is 1. The predicted octanol–water partition coefficient (Wildman–Crippen LogP) is 13.7. The van der Waals surface area contributed by atoms with E-state index in [4.69, 9.17) is 4.42 Å². The Bertz CT molecular complexity index is 3260. The fraction of sp³-hybridized carbons (Fsp3) is 0.0400. The predicted molar refractivity (Wildman–Crippen MR) is 223 cm³/mol. The van der Waals surface area contributed by atoms with Crippen LogP contribution in [0.15, 0.2) is 174 Å². The van der Waals surface area contributed by atoms with Crippen LogP contribution in [0.3, 0.4) is 0 Å². The molecule has 3 aromatic heterocycles. The van der Waals surface area contributed by atoms with Crippen LogP contribution in [0.1, 0.15) is 11.1 Å². The summed E-state index contributed by atoms with van der Waals surface area (Å²) >= 11 is 0. The van der Waals surface area contributed by atoms with E-state index in [0.717, 1.165) is 27.6 Å². The molecule has 0 radical (unpaired) electrons. The van der Waals surface area contributed by atoms with Crippen LogP contribution >= 0.6 is 0 Å². The lowest BCUT2D eigenvalue weighted by molar-refractivity contribution is 0.668. The molecule has 0 aliphatic rings. The number of furan rings is 1. The largest absolute Gasteiger partial charge is 0.456 e. The van der Waals surface area contributed by atoms with E-state index in [-0.39, 0.29) is 0 Å². The Labute approximate surface area is 306 Å². The Hall–Kier alpha value is -6.84. The Morgan fingerprint density at radius 3 is 1.51 bits per heavy atom. The first-order chi connectivity index (χ1) is 26.1. The van der Waals surface area contributed by atoms with Gasteiger partial charge < -0.3 is 13.6 Å². The highest BCUT2D eigenvalue weighted by molar-refractivity contribution is 6.13. The summed E-state index contributed by atoms with van der Waals surface area (Å²) in [4.78, 5) is 0. The molecule has 0 saturated heterocycles. The maximum absolute atomic E-state index is 6.31. The quantitative estimate of drug-likeness (QED) is 0.182. The number of aryl methyl sites for hydroxylation is 2. The molecular formula is C50H34N2O. The molecule has 11 rings (SSSR count). The van der Waals surface area contributed by atoms with Gasteiger partial charge in [-0.05, 0) is 114 Å². The molecule has 53 heavy (non-hydrogen) atoms. The number of fused-ring (bicyclic) bond motifs is 9. The highest BCUT2D eigenvalue weighted by Gasteiger charge is 2.18. The van der Waals surface area contributed by atoms with Crippen molar-refractivity contribution in [3.63, 3.8) is 0 Å². The van der Waals surface area contributed by atoms with Crippen LogP contribution in [0.2, 0.25) is 0 Å². The van der Waals surface area contributed by atoms with Crippen molar-refractivity contribution >= 4 is 65.6 Å². The lowest BCUT2D eigenvalue weighted by Crippen LogP contribution is -1.96. The van der Waals surface area contributed by atoms with Gasteiger partial charge in [-0.2, -0.15) is 0 Å². The van der Waals surface area contributed by atoms with E-state index in [1.54, 1.807) is 0 Å². The second kappa shape index (κ2) is 11.3. The molecule has 11 aromatic rings. The van der Waals surface area contributed by atoms with E-state index in [2.05, 4.69) is 181 Å². The van der Waals surface area contributed by atoms with Crippen LogP contribution in [0.5, 0.6) is 0 Å². The molecular weight excluding hydrogens is 645 g/mol. The number of hydrogen-bond donors (Lipinski definition) is 0. The van der Waals surface area contributed by atoms with Crippen LogP contribution in [0, 0.1) is 13.8 Å². The average molecular weight is 679 g/mol. The molecule has 0 spiro atoms. The Kier molecular flexibility index (Phi) is 6.38. The van der Waals surface area contributed by atoms with Crippen molar-refractivity contribution in [2.45, 2.75) is 13.8 Å². The van der Waals surface area contributed by atoms with Gasteiger partial charge in [0.15, 0.2) is 0 Å². The van der Waals surface area contributed by atoms with E-state index in [1.807, 2.05) is 12.1 Å². The Morgan fingerprint density at radius 2 is 0.849 bits per heavy atom. The summed E-state index contributed by atoms with van der Waals surface area (Å²) < 4.78 is 11.1. The molecule has 3 heterocycles. The summed E-state index contributed by atoms with van der Waals surface area (Å²) in [6.07, 6.45) is 0. The second-order valence-corrected chi connectivity index (χ2v) is 14.3. The zero-order valence-electron chi connectivity index (χ0n) is 29.5. The Morgan fingerprint density at radius 1 is 0.340 bits per heavy atom. The normalized spacial score (nSPS) is 12.0. The highest BCUT2D eigenvalue weighted by Crippen LogP contribution is 2.40. The molecule has 3 heteroatoms. The third-order valence-corrected chi connectivity index (χ3v) is 11.2. The fourth-order valence-corrected chi connectivity index (χ4v) is 8.68. The van der Waals surface area contributed by atoms with E-state index >= 15 is 0 Å². The zero-order chi connectivity index (χ0) is 35.2. The Balaban J connectivity index is 1.05. The van der Waals surface area contributed by atoms with Crippen LogP contribution in [-0.2, 0) is 0 Å². The lowest BCUT2D eigenvalue weighted by Gasteiger charge is -2.14. The van der Waals surface area contributed by atoms with Gasteiger partial charge in [-0.1, -0.05) is 97.1 Å². The molecule has 3 nitrogen and oxygen atoms in total. The lowest BCUT2D eigenvalue weighted by atomic mass is 9.96. The van der Waals surface area contributed by atoms with Gasteiger partial charge in [0.1, 0.15) is 11.2 Å². The fourth-order valence-electron chi connectivity index (χ4n) is 8.68. The van der Waals surface area contributed by atoms with Gasteiger partial charge >= 0.3 is 0 Å². The third-order valence-electron chi connectivity index (χ3n) is 11.2. The van der Waals surface area contributed by atoms with Gasteiger partial charge in [-0.15, -0.1) is 0 Å².